The van der Waals surface area contributed by atoms with Gasteiger partial charge in [-0.05, 0) is 25.3 Å². The Morgan fingerprint density at radius 2 is 2.12 bits per heavy atom. The van der Waals surface area contributed by atoms with Gasteiger partial charge < -0.3 is 20.1 Å². The predicted octanol–water partition coefficient (Wildman–Crippen LogP) is 1.38. The van der Waals surface area contributed by atoms with E-state index in [4.69, 9.17) is 9.84 Å². The summed E-state index contributed by atoms with van der Waals surface area (Å²) in [5, 5.41) is 12.0. The van der Waals surface area contributed by atoms with Crippen molar-refractivity contribution in [2.75, 3.05) is 39.8 Å². The zero-order valence-electron chi connectivity index (χ0n) is 15.1. The number of hydrogen-bond acceptors (Lipinski definition) is 4. The molecule has 1 saturated carbocycles. The standard InChI is InChI=1S/C17H31N3O4/c1-17(2)7-5-4-6-14(17)18-16(23)20-8-9-24-13(11-20)10-19(3)12-15(21)22/h13-14H,4-12H2,1-3H3,(H,18,23)(H,21,22). The molecule has 2 aliphatic rings. The number of morpholine rings is 1. The Bertz CT molecular complexity index is 455. The lowest BCUT2D eigenvalue weighted by molar-refractivity contribution is -0.138. The van der Waals surface area contributed by atoms with Crippen LogP contribution < -0.4 is 5.32 Å². The summed E-state index contributed by atoms with van der Waals surface area (Å²) in [4.78, 5) is 26.9. The SMILES string of the molecule is CN(CC(=O)O)CC1CN(C(=O)NC2CCCCC2(C)C)CCO1. The van der Waals surface area contributed by atoms with E-state index in [0.29, 0.717) is 26.2 Å². The first-order chi connectivity index (χ1) is 11.3. The molecule has 1 heterocycles. The second-order valence-corrected chi connectivity index (χ2v) is 7.77. The number of nitrogens with zero attached hydrogens (tertiary/aromatic N) is 2. The van der Waals surface area contributed by atoms with Gasteiger partial charge in [0.25, 0.3) is 0 Å². The Morgan fingerprint density at radius 1 is 1.38 bits per heavy atom. The fourth-order valence-corrected chi connectivity index (χ4v) is 3.66. The van der Waals surface area contributed by atoms with Crippen molar-refractivity contribution in [2.24, 2.45) is 5.41 Å². The second kappa shape index (κ2) is 8.16. The normalized spacial score (nSPS) is 27.1. The van der Waals surface area contributed by atoms with Gasteiger partial charge >= 0.3 is 12.0 Å². The van der Waals surface area contributed by atoms with Crippen LogP contribution in [-0.2, 0) is 9.53 Å². The number of urea groups is 1. The van der Waals surface area contributed by atoms with E-state index in [1.165, 1.54) is 12.8 Å². The average molecular weight is 341 g/mol. The van der Waals surface area contributed by atoms with E-state index in [2.05, 4.69) is 19.2 Å². The van der Waals surface area contributed by atoms with Crippen molar-refractivity contribution in [3.05, 3.63) is 0 Å². The lowest BCUT2D eigenvalue weighted by Crippen LogP contribution is -2.56. The largest absolute Gasteiger partial charge is 0.480 e. The van der Waals surface area contributed by atoms with Crippen LogP contribution in [0.1, 0.15) is 39.5 Å². The maximum atomic E-state index is 12.6. The van der Waals surface area contributed by atoms with Gasteiger partial charge in [-0.1, -0.05) is 26.7 Å². The molecule has 2 unspecified atom stereocenters. The quantitative estimate of drug-likeness (QED) is 0.789. The first-order valence-corrected chi connectivity index (χ1v) is 8.85. The third kappa shape index (κ3) is 5.34. The molecular formula is C17H31N3O4. The molecule has 2 fully saturated rings. The summed E-state index contributed by atoms with van der Waals surface area (Å²) in [5.74, 6) is -0.859. The molecule has 1 aliphatic carbocycles. The molecule has 2 atom stereocenters. The highest BCUT2D eigenvalue weighted by atomic mass is 16.5. The summed E-state index contributed by atoms with van der Waals surface area (Å²) in [5.41, 5.74) is 0.140. The minimum atomic E-state index is -0.859. The van der Waals surface area contributed by atoms with Gasteiger partial charge in [-0.2, -0.15) is 0 Å². The van der Waals surface area contributed by atoms with Crippen LogP contribution >= 0.6 is 0 Å². The molecule has 1 saturated heterocycles. The monoisotopic (exact) mass is 341 g/mol. The lowest BCUT2D eigenvalue weighted by atomic mass is 9.73. The van der Waals surface area contributed by atoms with E-state index in [-0.39, 0.29) is 30.1 Å². The molecule has 0 bridgehead atoms. The van der Waals surface area contributed by atoms with Gasteiger partial charge in [-0.3, -0.25) is 9.69 Å². The Hall–Kier alpha value is -1.34. The number of hydrogen-bond donors (Lipinski definition) is 2. The number of amides is 2. The minimum Gasteiger partial charge on any atom is -0.480 e. The minimum absolute atomic E-state index is 0.0239. The smallest absolute Gasteiger partial charge is 0.317 e. The number of rotatable bonds is 5. The maximum absolute atomic E-state index is 12.6. The Morgan fingerprint density at radius 3 is 2.79 bits per heavy atom. The molecule has 0 radical (unpaired) electrons. The van der Waals surface area contributed by atoms with E-state index < -0.39 is 5.97 Å². The van der Waals surface area contributed by atoms with Crippen LogP contribution in [-0.4, -0.2) is 78.9 Å². The van der Waals surface area contributed by atoms with Crippen LogP contribution in [0.2, 0.25) is 0 Å². The van der Waals surface area contributed by atoms with E-state index >= 15 is 0 Å². The van der Waals surface area contributed by atoms with Crippen molar-refractivity contribution >= 4 is 12.0 Å². The number of nitrogens with one attached hydrogen (secondary N) is 1. The van der Waals surface area contributed by atoms with Crippen LogP contribution in [0.25, 0.3) is 0 Å². The number of carbonyl (C=O) groups is 2. The number of carboxylic acid groups (broad SMARTS) is 1. The fourth-order valence-electron chi connectivity index (χ4n) is 3.66. The molecule has 0 aromatic heterocycles. The Balaban J connectivity index is 1.84. The summed E-state index contributed by atoms with van der Waals surface area (Å²) in [6, 6.07) is 0.193. The van der Waals surface area contributed by atoms with Crippen molar-refractivity contribution < 1.29 is 19.4 Å². The van der Waals surface area contributed by atoms with Crippen molar-refractivity contribution in [1.29, 1.82) is 0 Å². The molecule has 1 aliphatic heterocycles. The molecule has 0 aromatic carbocycles. The molecule has 2 rings (SSSR count). The van der Waals surface area contributed by atoms with Gasteiger partial charge in [0.15, 0.2) is 0 Å². The van der Waals surface area contributed by atoms with E-state index in [1.807, 2.05) is 0 Å². The predicted molar refractivity (Wildman–Crippen MR) is 91.0 cm³/mol. The van der Waals surface area contributed by atoms with Crippen LogP contribution in [0.5, 0.6) is 0 Å². The van der Waals surface area contributed by atoms with Crippen molar-refractivity contribution in [2.45, 2.75) is 51.7 Å². The third-order valence-electron chi connectivity index (χ3n) is 5.15. The molecule has 2 amide bonds. The van der Waals surface area contributed by atoms with Crippen LogP contribution in [0, 0.1) is 5.41 Å². The van der Waals surface area contributed by atoms with Crippen LogP contribution in [0.3, 0.4) is 0 Å². The molecular weight excluding hydrogens is 310 g/mol. The van der Waals surface area contributed by atoms with E-state index in [9.17, 15) is 9.59 Å². The second-order valence-electron chi connectivity index (χ2n) is 7.77. The molecule has 7 nitrogen and oxygen atoms in total. The molecule has 24 heavy (non-hydrogen) atoms. The number of aliphatic carboxylic acids is 1. The lowest BCUT2D eigenvalue weighted by Gasteiger charge is -2.41. The highest BCUT2D eigenvalue weighted by Crippen LogP contribution is 2.35. The van der Waals surface area contributed by atoms with Crippen molar-refractivity contribution in [1.82, 2.24) is 15.1 Å². The summed E-state index contributed by atoms with van der Waals surface area (Å²) < 4.78 is 5.69. The van der Waals surface area contributed by atoms with Gasteiger partial charge in [0.1, 0.15) is 0 Å². The molecule has 0 spiro atoms. The molecule has 7 heteroatoms. The third-order valence-corrected chi connectivity index (χ3v) is 5.15. The summed E-state index contributed by atoms with van der Waals surface area (Å²) in [6.45, 7) is 6.50. The molecule has 0 aromatic rings. The maximum Gasteiger partial charge on any atom is 0.317 e. The van der Waals surface area contributed by atoms with E-state index in [1.54, 1.807) is 16.8 Å². The Kier molecular flexibility index (Phi) is 6.46. The van der Waals surface area contributed by atoms with Crippen LogP contribution in [0.4, 0.5) is 4.79 Å². The van der Waals surface area contributed by atoms with E-state index in [0.717, 1.165) is 12.8 Å². The first-order valence-electron chi connectivity index (χ1n) is 8.85. The number of ether oxygens (including phenoxy) is 1. The number of likely N-dealkylation sites (N-methyl/N-ethyl adjacent to an activating group) is 1. The summed E-state index contributed by atoms with van der Waals surface area (Å²) in [7, 11) is 1.75. The fraction of sp³-hybridized carbons (Fsp3) is 0.882. The number of carboxylic acids is 1. The van der Waals surface area contributed by atoms with Gasteiger partial charge in [0, 0.05) is 25.7 Å². The van der Waals surface area contributed by atoms with Crippen molar-refractivity contribution in [3.8, 4) is 0 Å². The van der Waals surface area contributed by atoms with Crippen LogP contribution in [0.15, 0.2) is 0 Å². The Labute approximate surface area is 144 Å². The van der Waals surface area contributed by atoms with Gasteiger partial charge in [0.05, 0.1) is 19.3 Å². The summed E-state index contributed by atoms with van der Waals surface area (Å²) >= 11 is 0. The van der Waals surface area contributed by atoms with Gasteiger partial charge in [0.2, 0.25) is 0 Å². The molecule has 138 valence electrons. The highest BCUT2D eigenvalue weighted by molar-refractivity contribution is 5.74. The zero-order valence-corrected chi connectivity index (χ0v) is 15.1. The van der Waals surface area contributed by atoms with Gasteiger partial charge in [-0.15, -0.1) is 0 Å². The topological polar surface area (TPSA) is 82.1 Å². The first kappa shape index (κ1) is 19.0. The van der Waals surface area contributed by atoms with Gasteiger partial charge in [-0.25, -0.2) is 4.79 Å². The zero-order chi connectivity index (χ0) is 17.7. The summed E-state index contributed by atoms with van der Waals surface area (Å²) in [6.07, 6.45) is 4.43. The highest BCUT2D eigenvalue weighted by Gasteiger charge is 2.35. The average Bonchev–Trinajstić information content (AvgIpc) is 2.48. The van der Waals surface area contributed by atoms with Crippen molar-refractivity contribution in [3.63, 3.8) is 0 Å². The number of carbonyl (C=O) groups excluding carboxylic acids is 1. The molecule has 2 N–H and O–H groups in total.